The zero-order valence-electron chi connectivity index (χ0n) is 18.2. The van der Waals surface area contributed by atoms with Gasteiger partial charge in [-0.1, -0.05) is 31.2 Å². The van der Waals surface area contributed by atoms with Crippen LogP contribution in [0.2, 0.25) is 0 Å². The Morgan fingerprint density at radius 2 is 1.90 bits per heavy atom. The van der Waals surface area contributed by atoms with Crippen molar-refractivity contribution in [3.63, 3.8) is 0 Å². The van der Waals surface area contributed by atoms with Crippen LogP contribution in [0.15, 0.2) is 53.0 Å². The molecule has 168 valence electrons. The fraction of sp³-hybridized carbons (Fsp3) is 0.435. The van der Waals surface area contributed by atoms with Crippen molar-refractivity contribution in [2.75, 3.05) is 35.1 Å². The van der Waals surface area contributed by atoms with E-state index in [-0.39, 0.29) is 18.5 Å². The molecule has 1 saturated heterocycles. The van der Waals surface area contributed by atoms with Gasteiger partial charge >= 0.3 is 0 Å². The molecule has 1 fully saturated rings. The highest BCUT2D eigenvalue weighted by Crippen LogP contribution is 2.28. The van der Waals surface area contributed by atoms with Crippen molar-refractivity contribution >= 4 is 43.2 Å². The number of carbonyl (C=O) groups is 1. The number of hydrogen-bond acceptors (Lipinski definition) is 4. The molecule has 8 heteroatoms. The van der Waals surface area contributed by atoms with Crippen molar-refractivity contribution in [1.29, 1.82) is 0 Å². The Morgan fingerprint density at radius 3 is 2.52 bits per heavy atom. The summed E-state index contributed by atoms with van der Waals surface area (Å²) >= 11 is 3.37. The van der Waals surface area contributed by atoms with Crippen molar-refractivity contribution < 1.29 is 13.2 Å². The van der Waals surface area contributed by atoms with E-state index >= 15 is 0 Å². The van der Waals surface area contributed by atoms with Gasteiger partial charge in [0, 0.05) is 23.2 Å². The molecule has 1 amide bonds. The van der Waals surface area contributed by atoms with Gasteiger partial charge in [0.1, 0.15) is 6.54 Å². The number of halogens is 1. The summed E-state index contributed by atoms with van der Waals surface area (Å²) in [6.07, 6.45) is 3.59. The fourth-order valence-electron chi connectivity index (χ4n) is 3.93. The van der Waals surface area contributed by atoms with Crippen LogP contribution in [0.25, 0.3) is 0 Å². The monoisotopic (exact) mass is 507 g/mol. The molecule has 0 aliphatic carbocycles. The van der Waals surface area contributed by atoms with Crippen LogP contribution in [-0.2, 0) is 14.8 Å². The quantitative estimate of drug-likeness (QED) is 0.605. The van der Waals surface area contributed by atoms with E-state index in [1.165, 1.54) is 18.5 Å². The largest absolute Gasteiger partial charge is 0.371 e. The number of nitrogens with zero attached hydrogens (tertiary/aromatic N) is 2. The fourth-order valence-corrected chi connectivity index (χ4v) is 5.42. The smallest absolute Gasteiger partial charge is 0.241 e. The van der Waals surface area contributed by atoms with Gasteiger partial charge in [-0.25, -0.2) is 8.42 Å². The third kappa shape index (κ3) is 6.23. The Kier molecular flexibility index (Phi) is 7.64. The number of carbonyl (C=O) groups excluding carboxylic acids is 1. The van der Waals surface area contributed by atoms with Gasteiger partial charge in [-0.15, -0.1) is 0 Å². The second kappa shape index (κ2) is 10.0. The van der Waals surface area contributed by atoms with Gasteiger partial charge in [-0.3, -0.25) is 9.10 Å². The zero-order chi connectivity index (χ0) is 22.6. The second-order valence-electron chi connectivity index (χ2n) is 8.30. The first-order chi connectivity index (χ1) is 14.6. The van der Waals surface area contributed by atoms with E-state index in [9.17, 15) is 13.2 Å². The number of hydrogen-bond donors (Lipinski definition) is 1. The maximum Gasteiger partial charge on any atom is 0.241 e. The number of amides is 1. The number of sulfonamides is 1. The average Bonchev–Trinajstić information content (AvgIpc) is 2.72. The first-order valence-electron chi connectivity index (χ1n) is 10.5. The van der Waals surface area contributed by atoms with Crippen molar-refractivity contribution in [3.8, 4) is 0 Å². The lowest BCUT2D eigenvalue weighted by Crippen LogP contribution is -2.41. The predicted octanol–water partition coefficient (Wildman–Crippen LogP) is 4.33. The van der Waals surface area contributed by atoms with Crippen LogP contribution < -0.4 is 14.5 Å². The van der Waals surface area contributed by atoms with Crippen molar-refractivity contribution in [2.45, 2.75) is 32.7 Å². The Morgan fingerprint density at radius 1 is 1.23 bits per heavy atom. The maximum atomic E-state index is 12.7. The Labute approximate surface area is 193 Å². The van der Waals surface area contributed by atoms with Crippen molar-refractivity contribution in [2.24, 2.45) is 5.92 Å². The van der Waals surface area contributed by atoms with E-state index in [1.54, 1.807) is 24.3 Å². The first-order valence-corrected chi connectivity index (χ1v) is 13.2. The van der Waals surface area contributed by atoms with E-state index in [2.05, 4.69) is 45.2 Å². The third-order valence-corrected chi connectivity index (χ3v) is 7.40. The molecule has 1 aliphatic heterocycles. The summed E-state index contributed by atoms with van der Waals surface area (Å²) in [5, 5.41) is 2.92. The molecule has 0 saturated carbocycles. The summed E-state index contributed by atoms with van der Waals surface area (Å²) in [4.78, 5) is 15.1. The molecule has 2 aromatic rings. The molecule has 2 unspecified atom stereocenters. The van der Waals surface area contributed by atoms with Crippen LogP contribution in [-0.4, -0.2) is 40.2 Å². The van der Waals surface area contributed by atoms with E-state index in [0.29, 0.717) is 16.1 Å². The summed E-state index contributed by atoms with van der Waals surface area (Å²) < 4.78 is 26.3. The summed E-state index contributed by atoms with van der Waals surface area (Å²) in [5.74, 6) is 0.344. The number of benzene rings is 2. The molecule has 1 aliphatic rings. The van der Waals surface area contributed by atoms with Crippen LogP contribution in [0, 0.1) is 5.92 Å². The average molecular weight is 508 g/mol. The van der Waals surface area contributed by atoms with Crippen LogP contribution in [0.1, 0.15) is 38.3 Å². The summed E-state index contributed by atoms with van der Waals surface area (Å²) in [6, 6.07) is 15.0. The lowest BCUT2D eigenvalue weighted by Gasteiger charge is -2.33. The van der Waals surface area contributed by atoms with Crippen LogP contribution in [0.3, 0.4) is 0 Å². The van der Waals surface area contributed by atoms with Gasteiger partial charge < -0.3 is 10.2 Å². The molecule has 0 radical (unpaired) electrons. The van der Waals surface area contributed by atoms with Crippen LogP contribution in [0.5, 0.6) is 0 Å². The van der Waals surface area contributed by atoms with Gasteiger partial charge in [-0.2, -0.15) is 0 Å². The maximum absolute atomic E-state index is 12.7. The highest BCUT2D eigenvalue weighted by molar-refractivity contribution is 9.10. The van der Waals surface area contributed by atoms with Gasteiger partial charge in [0.2, 0.25) is 15.9 Å². The Bertz CT molecular complexity index is 1010. The van der Waals surface area contributed by atoms with Crippen molar-refractivity contribution in [3.05, 3.63) is 58.6 Å². The SMILES string of the molecule is CC1CCCN(c2ccc(C(C)NC(=O)CN(c3ccccc3Br)S(C)(=O)=O)cc2)C1. The molecule has 2 aromatic carbocycles. The standard InChI is InChI=1S/C23H30BrN3O3S/c1-17-7-6-14-26(15-17)20-12-10-19(11-13-20)18(2)25-23(28)16-27(31(3,29)30)22-9-5-4-8-21(22)24/h4-5,8-13,17-18H,6-7,14-16H2,1-3H3,(H,25,28). The molecular weight excluding hydrogens is 478 g/mol. The van der Waals surface area contributed by atoms with Gasteiger partial charge in [0.25, 0.3) is 0 Å². The van der Waals surface area contributed by atoms with Crippen LogP contribution in [0.4, 0.5) is 11.4 Å². The topological polar surface area (TPSA) is 69.7 Å². The van der Waals surface area contributed by atoms with E-state index in [0.717, 1.165) is 29.2 Å². The predicted molar refractivity (Wildman–Crippen MR) is 130 cm³/mol. The number of nitrogens with one attached hydrogen (secondary N) is 1. The number of piperidine rings is 1. The molecule has 0 aromatic heterocycles. The molecule has 0 bridgehead atoms. The summed E-state index contributed by atoms with van der Waals surface area (Å²) in [7, 11) is -3.62. The first kappa shape index (κ1) is 23.6. The van der Waals surface area contributed by atoms with Crippen molar-refractivity contribution in [1.82, 2.24) is 5.32 Å². The van der Waals surface area contributed by atoms with E-state index < -0.39 is 10.0 Å². The molecular formula is C23H30BrN3O3S. The molecule has 0 spiro atoms. The highest BCUT2D eigenvalue weighted by Gasteiger charge is 2.23. The summed E-state index contributed by atoms with van der Waals surface area (Å²) in [6.45, 7) is 6.05. The minimum Gasteiger partial charge on any atom is -0.371 e. The minimum absolute atomic E-state index is 0.234. The normalized spacial score (nSPS) is 17.8. The number of para-hydroxylation sites is 1. The molecule has 2 atom stereocenters. The third-order valence-electron chi connectivity index (χ3n) is 5.60. The minimum atomic E-state index is -3.62. The molecule has 6 nitrogen and oxygen atoms in total. The highest BCUT2D eigenvalue weighted by atomic mass is 79.9. The second-order valence-corrected chi connectivity index (χ2v) is 11.1. The van der Waals surface area contributed by atoms with E-state index in [1.807, 2.05) is 19.1 Å². The lowest BCUT2D eigenvalue weighted by molar-refractivity contribution is -0.120. The molecule has 31 heavy (non-hydrogen) atoms. The van der Waals surface area contributed by atoms with Gasteiger partial charge in [-0.05, 0) is 71.4 Å². The van der Waals surface area contributed by atoms with Gasteiger partial charge in [0.15, 0.2) is 0 Å². The molecule has 3 rings (SSSR count). The number of rotatable bonds is 7. The molecule has 1 N–H and O–H groups in total. The zero-order valence-corrected chi connectivity index (χ0v) is 20.6. The summed E-state index contributed by atoms with van der Waals surface area (Å²) in [5.41, 5.74) is 2.62. The number of anilines is 2. The van der Waals surface area contributed by atoms with Crippen LogP contribution >= 0.6 is 15.9 Å². The van der Waals surface area contributed by atoms with E-state index in [4.69, 9.17) is 0 Å². The lowest BCUT2D eigenvalue weighted by atomic mass is 9.99. The molecule has 1 heterocycles. The Hall–Kier alpha value is -2.06. The van der Waals surface area contributed by atoms with Gasteiger partial charge in [0.05, 0.1) is 18.0 Å². The Balaban J connectivity index is 1.66.